The molecule has 2 aromatic heterocycles. The predicted octanol–water partition coefficient (Wildman–Crippen LogP) is 3.96. The first-order valence-electron chi connectivity index (χ1n) is 9.27. The first-order chi connectivity index (χ1) is 14.0. The highest BCUT2D eigenvalue weighted by Gasteiger charge is 2.18. The number of nitrogens with one attached hydrogen (secondary N) is 1. The van der Waals surface area contributed by atoms with Crippen molar-refractivity contribution >= 4 is 11.4 Å². The van der Waals surface area contributed by atoms with Gasteiger partial charge in [-0.2, -0.15) is 14.8 Å². The van der Waals surface area contributed by atoms with Gasteiger partial charge in [-0.15, -0.1) is 5.11 Å². The van der Waals surface area contributed by atoms with Gasteiger partial charge in [0, 0.05) is 11.3 Å². The van der Waals surface area contributed by atoms with Crippen LogP contribution in [0, 0.1) is 13.8 Å². The molecule has 0 radical (unpaired) electrons. The van der Waals surface area contributed by atoms with Crippen LogP contribution in [0.15, 0.2) is 39.3 Å². The van der Waals surface area contributed by atoms with E-state index < -0.39 is 0 Å². The normalized spacial score (nSPS) is 11.2. The first-order valence-corrected chi connectivity index (χ1v) is 9.27. The van der Waals surface area contributed by atoms with Gasteiger partial charge in [0.1, 0.15) is 5.75 Å². The second-order valence-corrected chi connectivity index (χ2v) is 6.47. The van der Waals surface area contributed by atoms with Crippen molar-refractivity contribution in [3.8, 4) is 17.6 Å². The molecule has 0 spiro atoms. The third kappa shape index (κ3) is 4.18. The number of benzene rings is 1. The summed E-state index contributed by atoms with van der Waals surface area (Å²) in [4.78, 5) is 21.8. The van der Waals surface area contributed by atoms with Crippen molar-refractivity contribution in [2.24, 2.45) is 10.2 Å². The minimum absolute atomic E-state index is 0.193. The van der Waals surface area contributed by atoms with Crippen LogP contribution in [0.25, 0.3) is 5.95 Å². The van der Waals surface area contributed by atoms with Crippen molar-refractivity contribution in [3.05, 3.63) is 51.6 Å². The molecule has 0 atom stereocenters. The zero-order valence-electron chi connectivity index (χ0n) is 17.2. The molecule has 0 unspecified atom stereocenters. The van der Waals surface area contributed by atoms with Crippen LogP contribution in [0.1, 0.15) is 30.3 Å². The van der Waals surface area contributed by atoms with Gasteiger partial charge >= 0.3 is 5.56 Å². The number of hydrogen-bond donors (Lipinski definition) is 1. The van der Waals surface area contributed by atoms with Crippen molar-refractivity contribution in [2.75, 3.05) is 14.2 Å². The van der Waals surface area contributed by atoms with Crippen LogP contribution in [0.2, 0.25) is 0 Å². The second kappa shape index (κ2) is 8.68. The summed E-state index contributed by atoms with van der Waals surface area (Å²) in [6, 6.07) is 7.06. The lowest BCUT2D eigenvalue weighted by Gasteiger charge is -2.11. The summed E-state index contributed by atoms with van der Waals surface area (Å²) in [5.41, 5.74) is 2.69. The van der Waals surface area contributed by atoms with E-state index in [1.807, 2.05) is 6.92 Å². The number of azo groups is 1. The van der Waals surface area contributed by atoms with Gasteiger partial charge < -0.3 is 9.47 Å². The summed E-state index contributed by atoms with van der Waals surface area (Å²) < 4.78 is 11.8. The number of methoxy groups -OCH3 is 2. The molecule has 1 N–H and O–H groups in total. The summed E-state index contributed by atoms with van der Waals surface area (Å²) in [5, 5.41) is 11.2. The molecule has 9 nitrogen and oxygen atoms in total. The van der Waals surface area contributed by atoms with Crippen LogP contribution in [0.5, 0.6) is 11.6 Å². The molecule has 3 aromatic rings. The molecule has 0 aliphatic heterocycles. The third-order valence-corrected chi connectivity index (χ3v) is 4.44. The highest BCUT2D eigenvalue weighted by Crippen LogP contribution is 2.23. The van der Waals surface area contributed by atoms with Crippen LogP contribution >= 0.6 is 0 Å². The third-order valence-electron chi connectivity index (χ3n) is 4.44. The molecule has 9 heteroatoms. The highest BCUT2D eigenvalue weighted by molar-refractivity contribution is 5.44. The number of hydrogen-bond acceptors (Lipinski definition) is 7. The van der Waals surface area contributed by atoms with E-state index in [1.165, 1.54) is 4.68 Å². The number of rotatable bonds is 7. The van der Waals surface area contributed by atoms with E-state index >= 15 is 0 Å². The fourth-order valence-corrected chi connectivity index (χ4v) is 2.92. The molecule has 29 heavy (non-hydrogen) atoms. The lowest BCUT2D eigenvalue weighted by molar-refractivity contribution is 0.388. The Morgan fingerprint density at radius 3 is 2.41 bits per heavy atom. The van der Waals surface area contributed by atoms with Gasteiger partial charge in [-0.1, -0.05) is 13.3 Å². The van der Waals surface area contributed by atoms with Gasteiger partial charge in [-0.25, -0.2) is 4.98 Å². The topological polar surface area (TPSA) is 107 Å². The SMILES string of the molecule is CCCc1c(C)nc(-n2[nH]c(C)c(N=Nc3ccc(OC)cc3)c2=O)nc1OC. The molecule has 0 aliphatic rings. The highest BCUT2D eigenvalue weighted by atomic mass is 16.5. The van der Waals surface area contributed by atoms with E-state index in [4.69, 9.17) is 9.47 Å². The Morgan fingerprint density at radius 1 is 1.07 bits per heavy atom. The van der Waals surface area contributed by atoms with Crippen molar-refractivity contribution in [1.29, 1.82) is 0 Å². The van der Waals surface area contributed by atoms with Crippen LogP contribution in [0.4, 0.5) is 11.4 Å². The van der Waals surface area contributed by atoms with E-state index in [0.717, 1.165) is 29.8 Å². The van der Waals surface area contributed by atoms with Gasteiger partial charge in [-0.05, 0) is 44.5 Å². The van der Waals surface area contributed by atoms with Gasteiger partial charge in [0.2, 0.25) is 5.88 Å². The van der Waals surface area contributed by atoms with Crippen molar-refractivity contribution in [1.82, 2.24) is 19.7 Å². The number of H-pyrrole nitrogens is 1. The lowest BCUT2D eigenvalue weighted by Crippen LogP contribution is -2.18. The molecule has 0 fully saturated rings. The van der Waals surface area contributed by atoms with Crippen molar-refractivity contribution in [3.63, 3.8) is 0 Å². The monoisotopic (exact) mass is 396 g/mol. The molecule has 0 saturated carbocycles. The number of aryl methyl sites for hydroxylation is 2. The molecule has 0 aliphatic carbocycles. The average molecular weight is 396 g/mol. The van der Waals surface area contributed by atoms with E-state index in [-0.39, 0.29) is 17.2 Å². The van der Waals surface area contributed by atoms with Crippen LogP contribution < -0.4 is 15.0 Å². The standard InChI is InChI=1S/C20H24N6O3/c1-6-7-16-12(2)21-20(22-18(16)29-5)26-19(27)17(13(3)25-26)24-23-14-8-10-15(28-4)11-9-14/h8-11,25H,6-7H2,1-5H3. The Hall–Kier alpha value is -3.49. The van der Waals surface area contributed by atoms with E-state index in [0.29, 0.717) is 17.3 Å². The van der Waals surface area contributed by atoms with Crippen LogP contribution in [-0.2, 0) is 6.42 Å². The smallest absolute Gasteiger partial charge is 0.301 e. The predicted molar refractivity (Wildman–Crippen MR) is 109 cm³/mol. The van der Waals surface area contributed by atoms with Crippen molar-refractivity contribution < 1.29 is 9.47 Å². The summed E-state index contributed by atoms with van der Waals surface area (Å²) in [6.07, 6.45) is 1.74. The molecule has 152 valence electrons. The molecule has 0 saturated heterocycles. The zero-order chi connectivity index (χ0) is 21.0. The fourth-order valence-electron chi connectivity index (χ4n) is 2.92. The quantitative estimate of drug-likeness (QED) is 0.608. The maximum absolute atomic E-state index is 12.9. The molecular weight excluding hydrogens is 372 g/mol. The van der Waals surface area contributed by atoms with E-state index in [1.54, 1.807) is 45.4 Å². The largest absolute Gasteiger partial charge is 0.497 e. The minimum atomic E-state index is -0.385. The Kier molecular flexibility index (Phi) is 6.06. The fraction of sp³-hybridized carbons (Fsp3) is 0.350. The molecule has 3 rings (SSSR count). The van der Waals surface area contributed by atoms with Crippen LogP contribution in [0.3, 0.4) is 0 Å². The maximum Gasteiger partial charge on any atom is 0.301 e. The molecular formula is C20H24N6O3. The number of ether oxygens (including phenoxy) is 2. The van der Waals surface area contributed by atoms with Crippen LogP contribution in [-0.4, -0.2) is 34.0 Å². The molecule has 1 aromatic carbocycles. The Morgan fingerprint density at radius 2 is 1.79 bits per heavy atom. The van der Waals surface area contributed by atoms with Gasteiger partial charge in [0.15, 0.2) is 5.69 Å². The Balaban J connectivity index is 1.98. The minimum Gasteiger partial charge on any atom is -0.497 e. The first kappa shape index (κ1) is 20.2. The van der Waals surface area contributed by atoms with Gasteiger partial charge in [0.05, 0.1) is 25.6 Å². The summed E-state index contributed by atoms with van der Waals surface area (Å²) in [7, 11) is 3.15. The Bertz CT molecular complexity index is 1080. The summed E-state index contributed by atoms with van der Waals surface area (Å²) in [5.74, 6) is 1.39. The second-order valence-electron chi connectivity index (χ2n) is 6.47. The number of aromatic nitrogens is 4. The molecule has 0 bridgehead atoms. The van der Waals surface area contributed by atoms with Gasteiger partial charge in [-0.3, -0.25) is 9.89 Å². The van der Waals surface area contributed by atoms with Crippen molar-refractivity contribution in [2.45, 2.75) is 33.6 Å². The molecule has 2 heterocycles. The maximum atomic E-state index is 12.9. The Labute approximate surface area is 168 Å². The molecule has 0 amide bonds. The number of nitrogens with zero attached hydrogens (tertiary/aromatic N) is 5. The summed E-state index contributed by atoms with van der Waals surface area (Å²) >= 11 is 0. The average Bonchev–Trinajstić information content (AvgIpc) is 3.01. The van der Waals surface area contributed by atoms with E-state index in [2.05, 4.69) is 32.2 Å². The van der Waals surface area contributed by atoms with E-state index in [9.17, 15) is 4.79 Å². The zero-order valence-corrected chi connectivity index (χ0v) is 17.2. The lowest BCUT2D eigenvalue weighted by atomic mass is 10.1. The number of aromatic amines is 1. The van der Waals surface area contributed by atoms with Gasteiger partial charge in [0.25, 0.3) is 5.95 Å². The summed E-state index contributed by atoms with van der Waals surface area (Å²) in [6.45, 7) is 5.70.